The van der Waals surface area contributed by atoms with E-state index in [4.69, 9.17) is 9.47 Å². The van der Waals surface area contributed by atoms with Crippen LogP contribution in [-0.2, 0) is 12.8 Å². The van der Waals surface area contributed by atoms with Crippen LogP contribution in [0.15, 0.2) is 72.8 Å². The molecule has 0 bridgehead atoms. The Balaban J connectivity index is 1.67. The van der Waals surface area contributed by atoms with Gasteiger partial charge in [-0.05, 0) is 73.2 Å². The normalized spacial score (nSPS) is 10.6. The number of hydrogen-bond acceptors (Lipinski definition) is 4. The first-order valence-corrected chi connectivity index (χ1v) is 11.3. The van der Waals surface area contributed by atoms with Crippen molar-refractivity contribution in [2.45, 2.75) is 52.4 Å². The minimum absolute atomic E-state index is 0.173. The van der Waals surface area contributed by atoms with E-state index >= 15 is 0 Å². The van der Waals surface area contributed by atoms with Gasteiger partial charge in [0.2, 0.25) is 0 Å². The van der Waals surface area contributed by atoms with E-state index in [2.05, 4.69) is 13.8 Å². The Morgan fingerprint density at radius 1 is 0.594 bits per heavy atom. The van der Waals surface area contributed by atoms with E-state index in [0.717, 1.165) is 38.5 Å². The van der Waals surface area contributed by atoms with Crippen molar-refractivity contribution in [2.24, 2.45) is 0 Å². The molecule has 0 saturated heterocycles. The summed E-state index contributed by atoms with van der Waals surface area (Å²) in [5.41, 5.74) is 2.76. The second-order valence-electron chi connectivity index (χ2n) is 7.82. The number of unbranched alkanes of at least 4 members (excludes halogenated alkanes) is 2. The van der Waals surface area contributed by atoms with Gasteiger partial charge in [-0.3, -0.25) is 0 Å². The van der Waals surface area contributed by atoms with E-state index < -0.39 is 11.9 Å². The number of hydrogen-bond donors (Lipinski definition) is 0. The molecule has 0 radical (unpaired) electrons. The highest BCUT2D eigenvalue weighted by Crippen LogP contribution is 2.20. The van der Waals surface area contributed by atoms with Gasteiger partial charge in [-0.15, -0.1) is 0 Å². The fourth-order valence-electron chi connectivity index (χ4n) is 3.37. The lowest BCUT2D eigenvalue weighted by Crippen LogP contribution is -2.17. The molecule has 3 aromatic rings. The SMILES string of the molecule is CCCCc1ccc(OC(=O)c2ccccc2C(=O)Oc2ccc(CCCC)cc2)cc1. The maximum Gasteiger partial charge on any atom is 0.344 e. The van der Waals surface area contributed by atoms with Gasteiger partial charge in [0.25, 0.3) is 0 Å². The first kappa shape index (κ1) is 23.3. The molecule has 0 aliphatic heterocycles. The Hall–Kier alpha value is -3.40. The second kappa shape index (κ2) is 11.8. The van der Waals surface area contributed by atoms with Gasteiger partial charge in [0.15, 0.2) is 0 Å². The highest BCUT2D eigenvalue weighted by atomic mass is 16.5. The van der Waals surface area contributed by atoms with Gasteiger partial charge in [-0.25, -0.2) is 9.59 Å². The van der Waals surface area contributed by atoms with Crippen LogP contribution in [0.3, 0.4) is 0 Å². The Bertz CT molecular complexity index is 936. The van der Waals surface area contributed by atoms with E-state index in [1.807, 2.05) is 24.3 Å². The molecule has 166 valence electrons. The standard InChI is InChI=1S/C28H30O4/c1-3-5-9-21-13-17-23(18-14-21)31-27(29)25-11-7-8-12-26(25)28(30)32-24-19-15-22(16-20-24)10-6-4-2/h7-8,11-20H,3-6,9-10H2,1-2H3. The Kier molecular flexibility index (Phi) is 8.61. The van der Waals surface area contributed by atoms with Crippen molar-refractivity contribution in [3.63, 3.8) is 0 Å². The summed E-state index contributed by atoms with van der Waals surface area (Å²) < 4.78 is 11.0. The molecule has 3 aromatic carbocycles. The van der Waals surface area contributed by atoms with Crippen LogP contribution < -0.4 is 9.47 Å². The summed E-state index contributed by atoms with van der Waals surface area (Å²) in [7, 11) is 0. The fraction of sp³-hybridized carbons (Fsp3) is 0.286. The second-order valence-corrected chi connectivity index (χ2v) is 7.82. The fourth-order valence-corrected chi connectivity index (χ4v) is 3.37. The van der Waals surface area contributed by atoms with Crippen LogP contribution in [0, 0.1) is 0 Å². The monoisotopic (exact) mass is 430 g/mol. The molecule has 3 rings (SSSR count). The lowest BCUT2D eigenvalue weighted by Gasteiger charge is -2.10. The summed E-state index contributed by atoms with van der Waals surface area (Å²) in [6, 6.07) is 21.5. The molecule has 0 spiro atoms. The zero-order valence-electron chi connectivity index (χ0n) is 18.8. The maximum atomic E-state index is 12.8. The molecule has 0 amide bonds. The summed E-state index contributed by atoms with van der Waals surface area (Å²) >= 11 is 0. The van der Waals surface area contributed by atoms with Crippen LogP contribution in [0.2, 0.25) is 0 Å². The smallest absolute Gasteiger partial charge is 0.344 e. The van der Waals surface area contributed by atoms with E-state index in [1.54, 1.807) is 48.5 Å². The van der Waals surface area contributed by atoms with E-state index in [-0.39, 0.29) is 11.1 Å². The number of aryl methyl sites for hydroxylation is 2. The molecule has 0 aliphatic rings. The zero-order valence-corrected chi connectivity index (χ0v) is 18.8. The van der Waals surface area contributed by atoms with Crippen molar-refractivity contribution in [1.29, 1.82) is 0 Å². The van der Waals surface area contributed by atoms with Gasteiger partial charge in [0.1, 0.15) is 11.5 Å². The maximum absolute atomic E-state index is 12.8. The predicted octanol–water partition coefficient (Wildman–Crippen LogP) is 6.81. The Morgan fingerprint density at radius 2 is 0.969 bits per heavy atom. The molecule has 4 heteroatoms. The van der Waals surface area contributed by atoms with Gasteiger partial charge in [-0.1, -0.05) is 63.1 Å². The number of esters is 2. The average molecular weight is 431 g/mol. The summed E-state index contributed by atoms with van der Waals surface area (Å²) in [5, 5.41) is 0. The molecule has 0 heterocycles. The van der Waals surface area contributed by atoms with Gasteiger partial charge >= 0.3 is 11.9 Å². The van der Waals surface area contributed by atoms with Crippen molar-refractivity contribution in [2.75, 3.05) is 0 Å². The molecular formula is C28H30O4. The first-order chi connectivity index (χ1) is 15.6. The Morgan fingerprint density at radius 3 is 1.31 bits per heavy atom. The molecule has 0 atom stereocenters. The molecule has 0 fully saturated rings. The third kappa shape index (κ3) is 6.55. The Labute approximate surface area is 190 Å². The topological polar surface area (TPSA) is 52.6 Å². The average Bonchev–Trinajstić information content (AvgIpc) is 2.83. The molecule has 0 aromatic heterocycles. The van der Waals surface area contributed by atoms with Crippen molar-refractivity contribution in [3.8, 4) is 11.5 Å². The van der Waals surface area contributed by atoms with Gasteiger partial charge in [-0.2, -0.15) is 0 Å². The van der Waals surface area contributed by atoms with Gasteiger partial charge in [0, 0.05) is 0 Å². The van der Waals surface area contributed by atoms with Gasteiger partial charge in [0.05, 0.1) is 11.1 Å². The number of carbonyl (C=O) groups is 2. The number of benzene rings is 3. The molecule has 0 saturated carbocycles. The lowest BCUT2D eigenvalue weighted by molar-refractivity contribution is 0.0692. The van der Waals surface area contributed by atoms with Crippen molar-refractivity contribution < 1.29 is 19.1 Å². The summed E-state index contributed by atoms with van der Waals surface area (Å²) in [6.07, 6.45) is 6.50. The minimum Gasteiger partial charge on any atom is -0.423 e. The van der Waals surface area contributed by atoms with Gasteiger partial charge < -0.3 is 9.47 Å². The minimum atomic E-state index is -0.589. The number of rotatable bonds is 10. The third-order valence-electron chi connectivity index (χ3n) is 5.27. The highest BCUT2D eigenvalue weighted by Gasteiger charge is 2.20. The summed E-state index contributed by atoms with van der Waals surface area (Å²) in [4.78, 5) is 25.5. The van der Waals surface area contributed by atoms with Crippen LogP contribution in [0.4, 0.5) is 0 Å². The third-order valence-corrected chi connectivity index (χ3v) is 5.27. The summed E-state index contributed by atoms with van der Waals surface area (Å²) in [5.74, 6) is -0.287. The molecule has 0 N–H and O–H groups in total. The number of carbonyl (C=O) groups excluding carboxylic acids is 2. The van der Waals surface area contributed by atoms with Crippen LogP contribution in [-0.4, -0.2) is 11.9 Å². The molecule has 0 unspecified atom stereocenters. The van der Waals surface area contributed by atoms with E-state index in [1.165, 1.54) is 11.1 Å². The van der Waals surface area contributed by atoms with Crippen molar-refractivity contribution in [3.05, 3.63) is 95.1 Å². The van der Waals surface area contributed by atoms with E-state index in [9.17, 15) is 9.59 Å². The zero-order chi connectivity index (χ0) is 22.8. The van der Waals surface area contributed by atoms with Crippen LogP contribution >= 0.6 is 0 Å². The molecular weight excluding hydrogens is 400 g/mol. The summed E-state index contributed by atoms with van der Waals surface area (Å²) in [6.45, 7) is 4.31. The van der Waals surface area contributed by atoms with Crippen LogP contribution in [0.1, 0.15) is 71.4 Å². The van der Waals surface area contributed by atoms with Crippen molar-refractivity contribution in [1.82, 2.24) is 0 Å². The number of ether oxygens (including phenoxy) is 2. The highest BCUT2D eigenvalue weighted by molar-refractivity contribution is 6.04. The predicted molar refractivity (Wildman–Crippen MR) is 126 cm³/mol. The quantitative estimate of drug-likeness (QED) is 0.262. The molecule has 32 heavy (non-hydrogen) atoms. The molecule has 0 aliphatic carbocycles. The van der Waals surface area contributed by atoms with Crippen LogP contribution in [0.5, 0.6) is 11.5 Å². The first-order valence-electron chi connectivity index (χ1n) is 11.3. The lowest BCUT2D eigenvalue weighted by atomic mass is 10.1. The van der Waals surface area contributed by atoms with Crippen LogP contribution in [0.25, 0.3) is 0 Å². The molecule has 4 nitrogen and oxygen atoms in total. The van der Waals surface area contributed by atoms with E-state index in [0.29, 0.717) is 11.5 Å². The largest absolute Gasteiger partial charge is 0.423 e. The van der Waals surface area contributed by atoms with Crippen molar-refractivity contribution >= 4 is 11.9 Å².